The fourth-order valence-electron chi connectivity index (χ4n) is 3.95. The van der Waals surface area contributed by atoms with Crippen molar-refractivity contribution in [1.82, 2.24) is 19.4 Å². The third-order valence-electron chi connectivity index (χ3n) is 5.54. The molecule has 0 saturated carbocycles. The molecule has 29 heavy (non-hydrogen) atoms. The van der Waals surface area contributed by atoms with Crippen LogP contribution in [0.2, 0.25) is 0 Å². The molecule has 0 unspecified atom stereocenters. The smallest absolute Gasteiger partial charge is 0.242 e. The lowest BCUT2D eigenvalue weighted by Crippen LogP contribution is -2.44. The number of imidazole rings is 1. The molecular weight excluding hydrogens is 387 g/mol. The van der Waals surface area contributed by atoms with Crippen LogP contribution >= 0.6 is 11.8 Å². The van der Waals surface area contributed by atoms with Crippen LogP contribution < -0.4 is 0 Å². The van der Waals surface area contributed by atoms with E-state index in [1.165, 1.54) is 24.2 Å². The van der Waals surface area contributed by atoms with E-state index in [-0.39, 0.29) is 18.3 Å². The average molecular weight is 413 g/mol. The minimum atomic E-state index is -0.223. The van der Waals surface area contributed by atoms with Crippen LogP contribution in [0.3, 0.4) is 0 Å². The van der Waals surface area contributed by atoms with Crippen molar-refractivity contribution in [3.63, 3.8) is 0 Å². The van der Waals surface area contributed by atoms with Crippen LogP contribution in [-0.2, 0) is 17.1 Å². The Kier molecular flexibility index (Phi) is 6.13. The highest BCUT2D eigenvalue weighted by Gasteiger charge is 2.26. The van der Waals surface area contributed by atoms with Gasteiger partial charge in [0.15, 0.2) is 5.16 Å². The summed E-state index contributed by atoms with van der Waals surface area (Å²) in [5.74, 6) is 0.353. The van der Waals surface area contributed by atoms with Gasteiger partial charge in [-0.1, -0.05) is 36.9 Å². The van der Waals surface area contributed by atoms with Gasteiger partial charge >= 0.3 is 0 Å². The zero-order valence-corrected chi connectivity index (χ0v) is 17.4. The Morgan fingerprint density at radius 2 is 2.14 bits per heavy atom. The first-order valence-corrected chi connectivity index (χ1v) is 11.1. The van der Waals surface area contributed by atoms with E-state index in [9.17, 15) is 9.18 Å². The van der Waals surface area contributed by atoms with Crippen LogP contribution in [0.15, 0.2) is 47.9 Å². The van der Waals surface area contributed by atoms with Gasteiger partial charge in [0.25, 0.3) is 0 Å². The van der Waals surface area contributed by atoms with E-state index in [2.05, 4.69) is 16.9 Å². The number of pyridine rings is 1. The maximum Gasteiger partial charge on any atom is 0.242 e. The summed E-state index contributed by atoms with van der Waals surface area (Å²) in [5, 5.41) is 0.717. The third kappa shape index (κ3) is 4.29. The van der Waals surface area contributed by atoms with Gasteiger partial charge in [-0.25, -0.2) is 9.37 Å². The van der Waals surface area contributed by atoms with Crippen molar-refractivity contribution in [3.05, 3.63) is 54.1 Å². The Labute approximate surface area is 174 Å². The van der Waals surface area contributed by atoms with Crippen LogP contribution in [0.25, 0.3) is 11.0 Å². The van der Waals surface area contributed by atoms with E-state index in [0.717, 1.165) is 42.0 Å². The van der Waals surface area contributed by atoms with E-state index in [1.807, 2.05) is 21.6 Å². The summed E-state index contributed by atoms with van der Waals surface area (Å²) in [4.78, 5) is 24.1. The number of hydrogen-bond donors (Lipinski definition) is 0. The molecule has 2 aromatic heterocycles. The molecule has 0 N–H and O–H groups in total. The number of carbonyl (C=O) groups excluding carboxylic acids is 1. The van der Waals surface area contributed by atoms with Gasteiger partial charge in [0.2, 0.25) is 5.91 Å². The molecule has 1 fully saturated rings. The molecule has 7 heteroatoms. The molecule has 1 amide bonds. The number of halogens is 1. The highest BCUT2D eigenvalue weighted by Crippen LogP contribution is 2.28. The van der Waals surface area contributed by atoms with Gasteiger partial charge < -0.3 is 9.47 Å². The molecule has 152 valence electrons. The lowest BCUT2D eigenvalue weighted by Gasteiger charge is -2.35. The first-order valence-electron chi connectivity index (χ1n) is 10.1. The number of carbonyl (C=O) groups is 1. The Morgan fingerprint density at radius 1 is 1.28 bits per heavy atom. The predicted molar refractivity (Wildman–Crippen MR) is 113 cm³/mol. The minimum absolute atomic E-state index is 0.118. The highest BCUT2D eigenvalue weighted by molar-refractivity contribution is 7.98. The first kappa shape index (κ1) is 19.9. The molecule has 0 aliphatic carbocycles. The number of benzene rings is 1. The number of nitrogens with zero attached hydrogens (tertiary/aromatic N) is 4. The summed E-state index contributed by atoms with van der Waals surface area (Å²) >= 11 is 1.45. The highest BCUT2D eigenvalue weighted by atomic mass is 32.2. The second-order valence-electron chi connectivity index (χ2n) is 7.37. The largest absolute Gasteiger partial charge is 0.338 e. The molecule has 0 spiro atoms. The second kappa shape index (κ2) is 8.95. The number of hydrogen-bond acceptors (Lipinski definition) is 4. The van der Waals surface area contributed by atoms with E-state index in [4.69, 9.17) is 0 Å². The van der Waals surface area contributed by atoms with Crippen molar-refractivity contribution in [1.29, 1.82) is 0 Å². The summed E-state index contributed by atoms with van der Waals surface area (Å²) in [7, 11) is 0. The number of rotatable bonds is 6. The molecule has 0 radical (unpaired) electrons. The third-order valence-corrected chi connectivity index (χ3v) is 6.57. The monoisotopic (exact) mass is 412 g/mol. The fraction of sp³-hybridized carbons (Fsp3) is 0.409. The SMILES string of the molecule is CC[C@H]1CCCCN1C(=O)Cn1c(SCc2ccccc2F)nc2ccncc21. The predicted octanol–water partition coefficient (Wildman–Crippen LogP) is 4.65. The van der Waals surface area contributed by atoms with Gasteiger partial charge in [-0.3, -0.25) is 9.78 Å². The lowest BCUT2D eigenvalue weighted by atomic mass is 10.00. The molecule has 1 saturated heterocycles. The molecule has 5 nitrogen and oxygen atoms in total. The number of amides is 1. The van der Waals surface area contributed by atoms with Gasteiger partial charge in [0, 0.05) is 24.5 Å². The quantitative estimate of drug-likeness (QED) is 0.553. The molecule has 3 heterocycles. The lowest BCUT2D eigenvalue weighted by molar-refractivity contribution is -0.135. The minimum Gasteiger partial charge on any atom is -0.338 e. The Hall–Kier alpha value is -2.41. The van der Waals surface area contributed by atoms with Crippen molar-refractivity contribution in [2.24, 2.45) is 0 Å². The van der Waals surface area contributed by atoms with Crippen LogP contribution in [-0.4, -0.2) is 37.9 Å². The number of piperidine rings is 1. The van der Waals surface area contributed by atoms with E-state index in [0.29, 0.717) is 17.4 Å². The molecule has 3 aromatic rings. The zero-order valence-electron chi connectivity index (χ0n) is 16.6. The van der Waals surface area contributed by atoms with E-state index >= 15 is 0 Å². The van der Waals surface area contributed by atoms with Crippen molar-refractivity contribution >= 4 is 28.7 Å². The number of thioether (sulfide) groups is 1. The van der Waals surface area contributed by atoms with Crippen LogP contribution in [0.4, 0.5) is 4.39 Å². The number of aromatic nitrogens is 3. The van der Waals surface area contributed by atoms with E-state index in [1.54, 1.807) is 24.5 Å². The standard InChI is InChI=1S/C22H25FN4OS/c1-2-17-8-5-6-12-26(17)21(28)14-27-20-13-24-11-10-19(20)25-22(27)29-15-16-7-3-4-9-18(16)23/h3-4,7,9-11,13,17H,2,5-6,8,12,14-15H2,1H3/t17-/m0/s1. The Balaban J connectivity index is 1.59. The first-order chi connectivity index (χ1) is 14.2. The normalized spacial score (nSPS) is 17.0. The molecule has 1 aliphatic heterocycles. The average Bonchev–Trinajstić information content (AvgIpc) is 3.10. The summed E-state index contributed by atoms with van der Waals surface area (Å²) in [5.41, 5.74) is 2.26. The summed E-state index contributed by atoms with van der Waals surface area (Å²) in [6.07, 6.45) is 7.74. The van der Waals surface area contributed by atoms with Crippen molar-refractivity contribution in [2.45, 2.75) is 56.1 Å². The maximum atomic E-state index is 14.0. The van der Waals surface area contributed by atoms with Crippen LogP contribution in [0, 0.1) is 5.82 Å². The molecular formula is C22H25FN4OS. The second-order valence-corrected chi connectivity index (χ2v) is 8.31. The van der Waals surface area contributed by atoms with Gasteiger partial charge in [-0.2, -0.15) is 0 Å². The maximum absolute atomic E-state index is 14.0. The Morgan fingerprint density at radius 3 is 2.97 bits per heavy atom. The van der Waals surface area contributed by atoms with Gasteiger partial charge in [0.05, 0.1) is 17.2 Å². The summed E-state index contributed by atoms with van der Waals surface area (Å²) < 4.78 is 15.9. The van der Waals surface area contributed by atoms with Crippen molar-refractivity contribution in [3.8, 4) is 0 Å². The summed E-state index contributed by atoms with van der Waals surface area (Å²) in [6, 6.07) is 8.93. The van der Waals surface area contributed by atoms with Gasteiger partial charge in [-0.05, 0) is 43.4 Å². The molecule has 0 bridgehead atoms. The Bertz CT molecular complexity index is 1010. The fourth-order valence-corrected chi connectivity index (χ4v) is 4.95. The molecule has 1 aromatic carbocycles. The van der Waals surface area contributed by atoms with Crippen molar-refractivity contribution < 1.29 is 9.18 Å². The molecule has 1 aliphatic rings. The topological polar surface area (TPSA) is 51.0 Å². The molecule has 1 atom stereocenters. The number of likely N-dealkylation sites (tertiary alicyclic amines) is 1. The molecule has 4 rings (SSSR count). The van der Waals surface area contributed by atoms with Crippen LogP contribution in [0.5, 0.6) is 0 Å². The summed E-state index contributed by atoms with van der Waals surface area (Å²) in [6.45, 7) is 3.20. The zero-order chi connectivity index (χ0) is 20.2. The number of fused-ring (bicyclic) bond motifs is 1. The van der Waals surface area contributed by atoms with Gasteiger partial charge in [-0.15, -0.1) is 0 Å². The van der Waals surface area contributed by atoms with E-state index < -0.39 is 0 Å². The van der Waals surface area contributed by atoms with Crippen LogP contribution in [0.1, 0.15) is 38.2 Å². The van der Waals surface area contributed by atoms with Crippen molar-refractivity contribution in [2.75, 3.05) is 6.54 Å². The van der Waals surface area contributed by atoms with Gasteiger partial charge in [0.1, 0.15) is 12.4 Å².